The fraction of sp³-hybridized carbons (Fsp3) is 0.385. The maximum atomic E-state index is 5.58. The quantitative estimate of drug-likeness (QED) is 0.872. The molecule has 0 fully saturated rings. The van der Waals surface area contributed by atoms with E-state index in [4.69, 9.17) is 10.5 Å². The Labute approximate surface area is 107 Å². The molecule has 0 spiro atoms. The third-order valence-corrected chi connectivity index (χ3v) is 2.62. The number of nitrogens with two attached hydrogens (primary N) is 1. The predicted octanol–water partition coefficient (Wildman–Crippen LogP) is 1.73. The molecule has 1 aromatic heterocycles. The van der Waals surface area contributed by atoms with Crippen LogP contribution in [0.4, 0.5) is 0 Å². The van der Waals surface area contributed by atoms with E-state index in [1.807, 2.05) is 31.3 Å². The van der Waals surface area contributed by atoms with Gasteiger partial charge in [-0.2, -0.15) is 5.10 Å². The Morgan fingerprint density at radius 3 is 2.56 bits per heavy atom. The molecule has 2 N–H and O–H groups in total. The van der Waals surface area contributed by atoms with Crippen molar-refractivity contribution >= 4 is 0 Å². The average Bonchev–Trinajstić information content (AvgIpc) is 2.78. The Morgan fingerprint density at radius 2 is 2.00 bits per heavy atom. The van der Waals surface area contributed by atoms with Gasteiger partial charge in [0, 0.05) is 12.6 Å². The van der Waals surface area contributed by atoms with Crippen LogP contribution >= 0.6 is 0 Å². The Hall–Kier alpha value is -1.88. The lowest BCUT2D eigenvalue weighted by molar-refractivity contribution is 0.317. The molecule has 0 amide bonds. The zero-order valence-corrected chi connectivity index (χ0v) is 10.8. The molecule has 2 aromatic rings. The number of rotatable bonds is 5. The van der Waals surface area contributed by atoms with E-state index in [2.05, 4.69) is 17.0 Å². The molecule has 5 heteroatoms. The second-order valence-corrected chi connectivity index (χ2v) is 4.05. The highest BCUT2D eigenvalue weighted by molar-refractivity contribution is 5.55. The molecule has 0 atom stereocenters. The smallest absolute Gasteiger partial charge is 0.181 e. The summed E-state index contributed by atoms with van der Waals surface area (Å²) < 4.78 is 7.24. The summed E-state index contributed by atoms with van der Waals surface area (Å²) in [6.45, 7) is 3.21. The van der Waals surface area contributed by atoms with E-state index in [0.29, 0.717) is 12.4 Å². The number of aromatic nitrogens is 3. The van der Waals surface area contributed by atoms with Crippen LogP contribution in [0.15, 0.2) is 24.3 Å². The van der Waals surface area contributed by atoms with Gasteiger partial charge >= 0.3 is 0 Å². The summed E-state index contributed by atoms with van der Waals surface area (Å²) in [5.41, 5.74) is 6.54. The van der Waals surface area contributed by atoms with Gasteiger partial charge in [-0.25, -0.2) is 4.98 Å². The van der Waals surface area contributed by atoms with Gasteiger partial charge in [0.15, 0.2) is 5.82 Å². The summed E-state index contributed by atoms with van der Waals surface area (Å²) >= 11 is 0. The van der Waals surface area contributed by atoms with Gasteiger partial charge in [0.05, 0.1) is 13.2 Å². The van der Waals surface area contributed by atoms with Crippen molar-refractivity contribution in [3.05, 3.63) is 30.1 Å². The molecule has 96 valence electrons. The molecule has 1 heterocycles. The molecule has 0 radical (unpaired) electrons. The maximum Gasteiger partial charge on any atom is 0.181 e. The highest BCUT2D eigenvalue weighted by Gasteiger charge is 2.07. The molecule has 1 aromatic carbocycles. The van der Waals surface area contributed by atoms with Crippen LogP contribution in [-0.4, -0.2) is 21.4 Å². The highest BCUT2D eigenvalue weighted by Crippen LogP contribution is 2.19. The second kappa shape index (κ2) is 5.64. The Kier molecular flexibility index (Phi) is 3.94. The lowest BCUT2D eigenvalue weighted by Crippen LogP contribution is -2.05. The Balaban J connectivity index is 2.17. The number of ether oxygens (including phenoxy) is 1. The summed E-state index contributed by atoms with van der Waals surface area (Å²) in [4.78, 5) is 4.38. The first-order chi connectivity index (χ1) is 8.74. The van der Waals surface area contributed by atoms with Gasteiger partial charge in [-0.1, -0.05) is 6.92 Å². The molecule has 0 saturated heterocycles. The molecule has 2 rings (SSSR count). The van der Waals surface area contributed by atoms with Gasteiger partial charge in [0.2, 0.25) is 0 Å². The minimum atomic E-state index is 0.390. The van der Waals surface area contributed by atoms with Crippen molar-refractivity contribution in [3.8, 4) is 17.1 Å². The highest BCUT2D eigenvalue weighted by atomic mass is 16.5. The predicted molar refractivity (Wildman–Crippen MR) is 70.1 cm³/mol. The molecule has 0 saturated carbocycles. The lowest BCUT2D eigenvalue weighted by atomic mass is 10.2. The molecule has 0 aliphatic rings. The van der Waals surface area contributed by atoms with Crippen molar-refractivity contribution in [2.75, 3.05) is 6.61 Å². The fourth-order valence-corrected chi connectivity index (χ4v) is 1.64. The topological polar surface area (TPSA) is 66.0 Å². The fourth-order valence-electron chi connectivity index (χ4n) is 1.64. The van der Waals surface area contributed by atoms with Crippen molar-refractivity contribution in [3.63, 3.8) is 0 Å². The SMILES string of the molecule is CCCOc1ccc(-c2nc(CN)n(C)n2)cc1. The molecule has 5 nitrogen and oxygen atoms in total. The number of nitrogens with zero attached hydrogens (tertiary/aromatic N) is 3. The number of hydrogen-bond acceptors (Lipinski definition) is 4. The summed E-state index contributed by atoms with van der Waals surface area (Å²) in [5.74, 6) is 2.34. The van der Waals surface area contributed by atoms with Gasteiger partial charge in [0.1, 0.15) is 11.6 Å². The summed E-state index contributed by atoms with van der Waals surface area (Å²) in [5, 5.41) is 4.33. The summed E-state index contributed by atoms with van der Waals surface area (Å²) in [7, 11) is 1.84. The van der Waals surface area contributed by atoms with Crippen LogP contribution in [0.1, 0.15) is 19.2 Å². The largest absolute Gasteiger partial charge is 0.494 e. The molecule has 18 heavy (non-hydrogen) atoms. The molecule has 0 aliphatic heterocycles. The Bertz CT molecular complexity index is 504. The molecular formula is C13H18N4O. The maximum absolute atomic E-state index is 5.58. The van der Waals surface area contributed by atoms with Gasteiger partial charge in [-0.15, -0.1) is 0 Å². The van der Waals surface area contributed by atoms with E-state index >= 15 is 0 Å². The lowest BCUT2D eigenvalue weighted by Gasteiger charge is -2.04. The van der Waals surface area contributed by atoms with Crippen LogP contribution < -0.4 is 10.5 Å². The van der Waals surface area contributed by atoms with Gasteiger partial charge in [-0.05, 0) is 30.7 Å². The van der Waals surface area contributed by atoms with Gasteiger partial charge < -0.3 is 10.5 Å². The Morgan fingerprint density at radius 1 is 1.28 bits per heavy atom. The van der Waals surface area contributed by atoms with E-state index in [-0.39, 0.29) is 0 Å². The first-order valence-corrected chi connectivity index (χ1v) is 6.07. The van der Waals surface area contributed by atoms with Gasteiger partial charge in [0.25, 0.3) is 0 Å². The minimum absolute atomic E-state index is 0.390. The molecule has 0 bridgehead atoms. The second-order valence-electron chi connectivity index (χ2n) is 4.05. The third kappa shape index (κ3) is 2.68. The first kappa shape index (κ1) is 12.6. The van der Waals surface area contributed by atoms with Crippen molar-refractivity contribution in [1.82, 2.24) is 14.8 Å². The van der Waals surface area contributed by atoms with Crippen LogP contribution in [0.5, 0.6) is 5.75 Å². The van der Waals surface area contributed by atoms with Crippen LogP contribution in [0.2, 0.25) is 0 Å². The van der Waals surface area contributed by atoms with Crippen molar-refractivity contribution < 1.29 is 4.74 Å². The van der Waals surface area contributed by atoms with Crippen LogP contribution in [0.3, 0.4) is 0 Å². The third-order valence-electron chi connectivity index (χ3n) is 2.62. The first-order valence-electron chi connectivity index (χ1n) is 6.07. The molecule has 0 unspecified atom stereocenters. The van der Waals surface area contributed by atoms with Crippen LogP contribution in [0, 0.1) is 0 Å². The van der Waals surface area contributed by atoms with Gasteiger partial charge in [-0.3, -0.25) is 4.68 Å². The molecular weight excluding hydrogens is 228 g/mol. The van der Waals surface area contributed by atoms with E-state index in [9.17, 15) is 0 Å². The monoisotopic (exact) mass is 246 g/mol. The number of hydrogen-bond donors (Lipinski definition) is 1. The van der Waals surface area contributed by atoms with Crippen LogP contribution in [0.25, 0.3) is 11.4 Å². The van der Waals surface area contributed by atoms with E-state index in [0.717, 1.165) is 30.2 Å². The number of aryl methyl sites for hydroxylation is 1. The standard InChI is InChI=1S/C13H18N4O/c1-3-8-18-11-6-4-10(5-7-11)13-15-12(9-14)17(2)16-13/h4-7H,3,8-9,14H2,1-2H3. The molecule has 0 aliphatic carbocycles. The van der Waals surface area contributed by atoms with Crippen molar-refractivity contribution in [1.29, 1.82) is 0 Å². The zero-order chi connectivity index (χ0) is 13.0. The summed E-state index contributed by atoms with van der Waals surface area (Å²) in [6, 6.07) is 7.79. The average molecular weight is 246 g/mol. The van der Waals surface area contributed by atoms with E-state index in [1.165, 1.54) is 0 Å². The van der Waals surface area contributed by atoms with E-state index < -0.39 is 0 Å². The normalized spacial score (nSPS) is 10.6. The zero-order valence-electron chi connectivity index (χ0n) is 10.8. The summed E-state index contributed by atoms with van der Waals surface area (Å²) in [6.07, 6.45) is 1.00. The van der Waals surface area contributed by atoms with Crippen LogP contribution in [-0.2, 0) is 13.6 Å². The van der Waals surface area contributed by atoms with E-state index in [1.54, 1.807) is 4.68 Å². The minimum Gasteiger partial charge on any atom is -0.494 e. The van der Waals surface area contributed by atoms with Crippen molar-refractivity contribution in [2.24, 2.45) is 12.8 Å². The number of benzene rings is 1. The van der Waals surface area contributed by atoms with Crippen molar-refractivity contribution in [2.45, 2.75) is 19.9 Å².